The third kappa shape index (κ3) is 2.57. The van der Waals surface area contributed by atoms with Crippen LogP contribution in [0.15, 0.2) is 18.3 Å². The molecule has 3 heterocycles. The summed E-state index contributed by atoms with van der Waals surface area (Å²) in [7, 11) is 2.09. The fraction of sp³-hybridized carbons (Fsp3) is 0.625. The summed E-state index contributed by atoms with van der Waals surface area (Å²) in [4.78, 5) is 20.8. The maximum atomic E-state index is 12.6. The molecule has 1 amide bonds. The Hall–Kier alpha value is -1.66. The molecule has 0 unspecified atom stereocenters. The van der Waals surface area contributed by atoms with Crippen LogP contribution in [0.5, 0.6) is 0 Å². The number of hydrogen-bond acceptors (Lipinski definition) is 5. The molecule has 120 valence electrons. The Balaban J connectivity index is 1.77. The number of aromatic nitrogens is 1. The highest BCUT2D eigenvalue weighted by molar-refractivity contribution is 5.94. The summed E-state index contributed by atoms with van der Waals surface area (Å²) >= 11 is 0. The van der Waals surface area contributed by atoms with Gasteiger partial charge in [-0.15, -0.1) is 0 Å². The molecule has 2 atom stereocenters. The normalized spacial score (nSPS) is 29.2. The summed E-state index contributed by atoms with van der Waals surface area (Å²) in [5, 5.41) is 9.91. The lowest BCUT2D eigenvalue weighted by atomic mass is 9.69. The Bertz CT molecular complexity index is 548. The molecular formula is C16H24N4O2. The number of piperidine rings is 2. The number of amides is 1. The smallest absolute Gasteiger partial charge is 0.255 e. The maximum Gasteiger partial charge on any atom is 0.255 e. The van der Waals surface area contributed by atoms with E-state index in [4.69, 9.17) is 5.73 Å². The Labute approximate surface area is 130 Å². The number of carbonyl (C=O) groups is 1. The van der Waals surface area contributed by atoms with Crippen LogP contribution in [0.1, 0.15) is 29.6 Å². The molecule has 0 spiro atoms. The van der Waals surface area contributed by atoms with E-state index in [0.29, 0.717) is 24.5 Å². The highest BCUT2D eigenvalue weighted by Crippen LogP contribution is 2.41. The average Bonchev–Trinajstić information content (AvgIpc) is 2.55. The Morgan fingerprint density at radius 2 is 2.27 bits per heavy atom. The summed E-state index contributed by atoms with van der Waals surface area (Å²) in [6, 6.07) is 3.61. The first-order valence-corrected chi connectivity index (χ1v) is 7.88. The lowest BCUT2D eigenvalue weighted by Crippen LogP contribution is -2.62. The van der Waals surface area contributed by atoms with E-state index in [0.717, 1.165) is 25.8 Å². The van der Waals surface area contributed by atoms with Gasteiger partial charge >= 0.3 is 0 Å². The molecule has 1 aromatic rings. The molecule has 0 bridgehead atoms. The third-order valence-corrected chi connectivity index (χ3v) is 5.33. The molecule has 0 aliphatic carbocycles. The van der Waals surface area contributed by atoms with Gasteiger partial charge in [0.1, 0.15) is 5.82 Å². The van der Waals surface area contributed by atoms with Crippen LogP contribution in [0.2, 0.25) is 0 Å². The van der Waals surface area contributed by atoms with Crippen molar-refractivity contribution in [2.24, 2.45) is 5.41 Å². The van der Waals surface area contributed by atoms with Crippen molar-refractivity contribution in [1.29, 1.82) is 0 Å². The second kappa shape index (κ2) is 5.85. The zero-order chi connectivity index (χ0) is 15.7. The SMILES string of the molecule is CN1CCC[C@]2(CO)CCN(C(=O)c3ccc(N)nc3)C[C@@H]12. The third-order valence-electron chi connectivity index (χ3n) is 5.33. The van der Waals surface area contributed by atoms with Gasteiger partial charge in [-0.2, -0.15) is 0 Å². The topological polar surface area (TPSA) is 82.7 Å². The monoisotopic (exact) mass is 304 g/mol. The Morgan fingerprint density at radius 1 is 1.45 bits per heavy atom. The van der Waals surface area contributed by atoms with Crippen LogP contribution in [0.4, 0.5) is 5.82 Å². The fourth-order valence-corrected chi connectivity index (χ4v) is 3.92. The molecule has 3 N–H and O–H groups in total. The fourth-order valence-electron chi connectivity index (χ4n) is 3.92. The molecule has 0 saturated carbocycles. The van der Waals surface area contributed by atoms with Crippen LogP contribution in [0.25, 0.3) is 0 Å². The van der Waals surface area contributed by atoms with Gasteiger partial charge in [0.25, 0.3) is 5.91 Å². The van der Waals surface area contributed by atoms with Crippen molar-refractivity contribution in [1.82, 2.24) is 14.8 Å². The number of pyridine rings is 1. The van der Waals surface area contributed by atoms with Crippen molar-refractivity contribution in [3.8, 4) is 0 Å². The number of carbonyl (C=O) groups excluding carboxylic acids is 1. The summed E-state index contributed by atoms with van der Waals surface area (Å²) in [6.07, 6.45) is 4.55. The quantitative estimate of drug-likeness (QED) is 0.835. The van der Waals surface area contributed by atoms with E-state index in [1.165, 1.54) is 6.20 Å². The van der Waals surface area contributed by atoms with Gasteiger partial charge in [-0.25, -0.2) is 4.98 Å². The summed E-state index contributed by atoms with van der Waals surface area (Å²) in [6.45, 7) is 2.58. The first-order valence-electron chi connectivity index (χ1n) is 7.88. The van der Waals surface area contributed by atoms with Crippen LogP contribution in [0.3, 0.4) is 0 Å². The van der Waals surface area contributed by atoms with Crippen molar-refractivity contribution in [3.05, 3.63) is 23.9 Å². The second-order valence-corrected chi connectivity index (χ2v) is 6.59. The molecule has 0 aromatic carbocycles. The van der Waals surface area contributed by atoms with Gasteiger partial charge < -0.3 is 20.6 Å². The van der Waals surface area contributed by atoms with Crippen LogP contribution < -0.4 is 5.73 Å². The lowest BCUT2D eigenvalue weighted by molar-refractivity contribution is -0.0601. The van der Waals surface area contributed by atoms with Crippen LogP contribution in [-0.2, 0) is 0 Å². The summed E-state index contributed by atoms with van der Waals surface area (Å²) < 4.78 is 0. The second-order valence-electron chi connectivity index (χ2n) is 6.59. The standard InChI is InChI=1S/C16H24N4O2/c1-19-7-2-5-16(11-21)6-8-20(10-13(16)19)15(22)12-3-4-14(17)18-9-12/h3-4,9,13,21H,2,5-8,10-11H2,1H3,(H2,17,18)/t13-,16-/m1/s1. The van der Waals surface area contributed by atoms with Crippen molar-refractivity contribution in [3.63, 3.8) is 0 Å². The van der Waals surface area contributed by atoms with Gasteiger partial charge in [-0.05, 0) is 45.0 Å². The molecule has 2 aliphatic heterocycles. The number of nitrogens with two attached hydrogens (primary N) is 1. The minimum absolute atomic E-state index is 0.00184. The molecule has 2 aliphatic rings. The van der Waals surface area contributed by atoms with Crippen LogP contribution >= 0.6 is 0 Å². The lowest BCUT2D eigenvalue weighted by Gasteiger charge is -2.53. The van der Waals surface area contributed by atoms with E-state index in [2.05, 4.69) is 16.9 Å². The molecule has 6 nitrogen and oxygen atoms in total. The number of aliphatic hydroxyl groups excluding tert-OH is 1. The predicted octanol–water partition coefficient (Wildman–Crippen LogP) is 0.583. The average molecular weight is 304 g/mol. The number of hydrogen-bond donors (Lipinski definition) is 2. The number of nitrogens with zero attached hydrogens (tertiary/aromatic N) is 3. The van der Waals surface area contributed by atoms with Crippen molar-refractivity contribution < 1.29 is 9.90 Å². The van der Waals surface area contributed by atoms with Crippen molar-refractivity contribution >= 4 is 11.7 Å². The van der Waals surface area contributed by atoms with Gasteiger partial charge in [0.2, 0.25) is 0 Å². The van der Waals surface area contributed by atoms with Crippen LogP contribution in [0, 0.1) is 5.41 Å². The van der Waals surface area contributed by atoms with Crippen LogP contribution in [-0.4, -0.2) is 65.1 Å². The van der Waals surface area contributed by atoms with Crippen molar-refractivity contribution in [2.75, 3.05) is 39.0 Å². The number of likely N-dealkylation sites (tertiary alicyclic amines) is 2. The highest BCUT2D eigenvalue weighted by atomic mass is 16.3. The van der Waals surface area contributed by atoms with E-state index in [9.17, 15) is 9.90 Å². The molecule has 1 aromatic heterocycles. The Morgan fingerprint density at radius 3 is 2.95 bits per heavy atom. The Kier molecular flexibility index (Phi) is 4.06. The van der Waals surface area contributed by atoms with Gasteiger partial charge in [0.15, 0.2) is 0 Å². The first kappa shape index (κ1) is 15.2. The number of fused-ring (bicyclic) bond motifs is 1. The molecular weight excluding hydrogens is 280 g/mol. The number of aliphatic hydroxyl groups is 1. The number of likely N-dealkylation sites (N-methyl/N-ethyl adjacent to an activating group) is 1. The van der Waals surface area contributed by atoms with Crippen molar-refractivity contribution in [2.45, 2.75) is 25.3 Å². The number of anilines is 1. The van der Waals surface area contributed by atoms with E-state index in [1.807, 2.05) is 4.90 Å². The highest BCUT2D eigenvalue weighted by Gasteiger charge is 2.47. The molecule has 3 rings (SSSR count). The zero-order valence-electron chi connectivity index (χ0n) is 13.0. The number of rotatable bonds is 2. The molecule has 22 heavy (non-hydrogen) atoms. The molecule has 2 saturated heterocycles. The summed E-state index contributed by atoms with van der Waals surface area (Å²) in [5.74, 6) is 0.416. The van der Waals surface area contributed by atoms with E-state index < -0.39 is 0 Å². The van der Waals surface area contributed by atoms with E-state index in [1.54, 1.807) is 12.1 Å². The largest absolute Gasteiger partial charge is 0.396 e. The van der Waals surface area contributed by atoms with Gasteiger partial charge in [0, 0.05) is 30.7 Å². The zero-order valence-corrected chi connectivity index (χ0v) is 13.0. The summed E-state index contributed by atoms with van der Waals surface area (Å²) in [5.41, 5.74) is 6.10. The van der Waals surface area contributed by atoms with Gasteiger partial charge in [-0.1, -0.05) is 0 Å². The predicted molar refractivity (Wildman–Crippen MR) is 84.3 cm³/mol. The van der Waals surface area contributed by atoms with Gasteiger partial charge in [-0.3, -0.25) is 4.79 Å². The minimum Gasteiger partial charge on any atom is -0.396 e. The minimum atomic E-state index is -0.0524. The van der Waals surface area contributed by atoms with E-state index >= 15 is 0 Å². The first-order chi connectivity index (χ1) is 10.6. The molecule has 6 heteroatoms. The van der Waals surface area contributed by atoms with E-state index in [-0.39, 0.29) is 24.0 Å². The van der Waals surface area contributed by atoms with Gasteiger partial charge in [0.05, 0.1) is 12.2 Å². The number of nitrogen functional groups attached to an aromatic ring is 1. The maximum absolute atomic E-state index is 12.6. The molecule has 0 radical (unpaired) electrons. The molecule has 2 fully saturated rings.